The van der Waals surface area contributed by atoms with Crippen LogP contribution in [-0.4, -0.2) is 16.1 Å². The molecule has 0 fully saturated rings. The average molecular weight is 284 g/mol. The summed E-state index contributed by atoms with van der Waals surface area (Å²) >= 11 is 7.27. The summed E-state index contributed by atoms with van der Waals surface area (Å²) in [6, 6.07) is 7.17. The highest BCUT2D eigenvalue weighted by Crippen LogP contribution is 2.24. The molecule has 0 unspecified atom stereocenters. The van der Waals surface area contributed by atoms with E-state index in [9.17, 15) is 4.79 Å². The molecular formula is C12H10ClNO3S. The molecule has 0 atom stereocenters. The van der Waals surface area contributed by atoms with Crippen LogP contribution >= 0.6 is 22.9 Å². The SMILES string of the molecule is O=C(O)Cc1cnc(COc2ccccc2Cl)s1. The summed E-state index contributed by atoms with van der Waals surface area (Å²) < 4.78 is 5.51. The number of ether oxygens (including phenoxy) is 1. The Balaban J connectivity index is 1.96. The molecule has 2 aromatic rings. The molecule has 1 aromatic carbocycles. The van der Waals surface area contributed by atoms with E-state index in [1.54, 1.807) is 18.3 Å². The minimum Gasteiger partial charge on any atom is -0.485 e. The topological polar surface area (TPSA) is 59.4 Å². The molecule has 0 spiro atoms. The third-order valence-corrected chi connectivity index (χ3v) is 3.40. The molecule has 94 valence electrons. The van der Waals surface area contributed by atoms with Gasteiger partial charge in [0.05, 0.1) is 11.4 Å². The fourth-order valence-corrected chi connectivity index (χ4v) is 2.36. The Morgan fingerprint density at radius 2 is 2.22 bits per heavy atom. The molecule has 0 saturated heterocycles. The molecule has 18 heavy (non-hydrogen) atoms. The molecule has 4 nitrogen and oxygen atoms in total. The van der Waals surface area contributed by atoms with Crippen molar-refractivity contribution >= 4 is 28.9 Å². The van der Waals surface area contributed by atoms with E-state index in [0.717, 1.165) is 5.01 Å². The van der Waals surface area contributed by atoms with Crippen molar-refractivity contribution < 1.29 is 14.6 Å². The van der Waals surface area contributed by atoms with Crippen molar-refractivity contribution in [3.05, 3.63) is 45.4 Å². The summed E-state index contributed by atoms with van der Waals surface area (Å²) in [7, 11) is 0. The Kier molecular flexibility index (Phi) is 4.17. The van der Waals surface area contributed by atoms with Crippen LogP contribution in [0.15, 0.2) is 30.5 Å². The van der Waals surface area contributed by atoms with Gasteiger partial charge in [-0.2, -0.15) is 0 Å². The number of carboxylic acid groups (broad SMARTS) is 1. The predicted octanol–water partition coefficient (Wildman–Crippen LogP) is 3.00. The first kappa shape index (κ1) is 12.9. The van der Waals surface area contributed by atoms with Crippen molar-refractivity contribution in [3.63, 3.8) is 0 Å². The zero-order chi connectivity index (χ0) is 13.0. The predicted molar refractivity (Wildman–Crippen MR) is 69.2 cm³/mol. The summed E-state index contributed by atoms with van der Waals surface area (Å²) in [5, 5.41) is 9.92. The van der Waals surface area contributed by atoms with Gasteiger partial charge in [-0.1, -0.05) is 23.7 Å². The largest absolute Gasteiger partial charge is 0.485 e. The lowest BCUT2D eigenvalue weighted by Gasteiger charge is -2.05. The van der Waals surface area contributed by atoms with E-state index in [-0.39, 0.29) is 13.0 Å². The smallest absolute Gasteiger partial charge is 0.308 e. The van der Waals surface area contributed by atoms with Gasteiger partial charge in [-0.25, -0.2) is 4.98 Å². The number of aliphatic carboxylic acids is 1. The van der Waals surface area contributed by atoms with Gasteiger partial charge >= 0.3 is 5.97 Å². The molecule has 0 aliphatic rings. The molecule has 0 bridgehead atoms. The fourth-order valence-electron chi connectivity index (χ4n) is 1.35. The van der Waals surface area contributed by atoms with Crippen LogP contribution in [0, 0.1) is 0 Å². The highest BCUT2D eigenvalue weighted by molar-refractivity contribution is 7.11. The van der Waals surface area contributed by atoms with Crippen molar-refractivity contribution in [1.82, 2.24) is 4.98 Å². The minimum atomic E-state index is -0.864. The fraction of sp³-hybridized carbons (Fsp3) is 0.167. The van der Waals surface area contributed by atoms with E-state index >= 15 is 0 Å². The number of hydrogen-bond acceptors (Lipinski definition) is 4. The number of carbonyl (C=O) groups is 1. The maximum Gasteiger partial charge on any atom is 0.308 e. The molecule has 1 N–H and O–H groups in total. The Hall–Kier alpha value is -1.59. The number of carboxylic acids is 1. The van der Waals surface area contributed by atoms with Crippen molar-refractivity contribution in [3.8, 4) is 5.75 Å². The normalized spacial score (nSPS) is 10.3. The van der Waals surface area contributed by atoms with Gasteiger partial charge in [-0.05, 0) is 12.1 Å². The molecule has 2 rings (SSSR count). The van der Waals surface area contributed by atoms with Gasteiger partial charge in [0.2, 0.25) is 0 Å². The molecular weight excluding hydrogens is 274 g/mol. The van der Waals surface area contributed by atoms with Gasteiger partial charge in [0.1, 0.15) is 17.4 Å². The van der Waals surface area contributed by atoms with Crippen LogP contribution < -0.4 is 4.74 Å². The van der Waals surface area contributed by atoms with Gasteiger partial charge in [-0.15, -0.1) is 11.3 Å². The van der Waals surface area contributed by atoms with E-state index in [0.29, 0.717) is 15.6 Å². The van der Waals surface area contributed by atoms with Crippen LogP contribution in [0.2, 0.25) is 5.02 Å². The first-order valence-electron chi connectivity index (χ1n) is 5.18. The number of aromatic nitrogens is 1. The second-order valence-electron chi connectivity index (χ2n) is 3.51. The molecule has 6 heteroatoms. The second-order valence-corrected chi connectivity index (χ2v) is 5.12. The average Bonchev–Trinajstić information content (AvgIpc) is 2.75. The molecule has 0 saturated carbocycles. The van der Waals surface area contributed by atoms with E-state index in [2.05, 4.69) is 4.98 Å². The number of thiazole rings is 1. The highest BCUT2D eigenvalue weighted by Gasteiger charge is 2.07. The number of nitrogens with zero attached hydrogens (tertiary/aromatic N) is 1. The van der Waals surface area contributed by atoms with E-state index in [4.69, 9.17) is 21.4 Å². The first-order chi connectivity index (χ1) is 8.65. The van der Waals surface area contributed by atoms with Gasteiger partial charge in [0.25, 0.3) is 0 Å². The summed E-state index contributed by atoms with van der Waals surface area (Å²) in [5.74, 6) is -0.272. The number of benzene rings is 1. The van der Waals surface area contributed by atoms with Crippen LogP contribution in [0.4, 0.5) is 0 Å². The lowest BCUT2D eigenvalue weighted by Crippen LogP contribution is -1.97. The Labute approximate surface area is 113 Å². The zero-order valence-electron chi connectivity index (χ0n) is 9.30. The van der Waals surface area contributed by atoms with E-state index < -0.39 is 5.97 Å². The summed E-state index contributed by atoms with van der Waals surface area (Å²) in [4.78, 5) is 15.3. The molecule has 0 aliphatic heterocycles. The van der Waals surface area contributed by atoms with Crippen LogP contribution in [0.1, 0.15) is 9.88 Å². The van der Waals surface area contributed by atoms with Crippen molar-refractivity contribution in [2.24, 2.45) is 0 Å². The maximum absolute atomic E-state index is 10.5. The summed E-state index contributed by atoms with van der Waals surface area (Å²) in [6.45, 7) is 0.286. The second kappa shape index (κ2) is 5.84. The van der Waals surface area contributed by atoms with Crippen LogP contribution in [0.5, 0.6) is 5.75 Å². The standard InChI is InChI=1S/C12H10ClNO3S/c13-9-3-1-2-4-10(9)17-7-11-14-6-8(18-11)5-12(15)16/h1-4,6H,5,7H2,(H,15,16). The quantitative estimate of drug-likeness (QED) is 0.916. The maximum atomic E-state index is 10.5. The zero-order valence-corrected chi connectivity index (χ0v) is 10.9. The lowest BCUT2D eigenvalue weighted by atomic mass is 10.3. The molecule has 0 radical (unpaired) electrons. The Morgan fingerprint density at radius 3 is 2.94 bits per heavy atom. The Bertz CT molecular complexity index is 556. The first-order valence-corrected chi connectivity index (χ1v) is 6.37. The van der Waals surface area contributed by atoms with E-state index in [1.807, 2.05) is 12.1 Å². The van der Waals surface area contributed by atoms with Crippen molar-refractivity contribution in [2.45, 2.75) is 13.0 Å². The number of rotatable bonds is 5. The van der Waals surface area contributed by atoms with Crippen molar-refractivity contribution in [2.75, 3.05) is 0 Å². The van der Waals surface area contributed by atoms with Gasteiger partial charge < -0.3 is 9.84 Å². The molecule has 1 aromatic heterocycles. The van der Waals surface area contributed by atoms with E-state index in [1.165, 1.54) is 11.3 Å². The van der Waals surface area contributed by atoms with Crippen LogP contribution in [0.3, 0.4) is 0 Å². The number of hydrogen-bond donors (Lipinski definition) is 1. The summed E-state index contributed by atoms with van der Waals surface area (Å²) in [6.07, 6.45) is 1.55. The lowest BCUT2D eigenvalue weighted by molar-refractivity contribution is -0.136. The summed E-state index contributed by atoms with van der Waals surface area (Å²) in [5.41, 5.74) is 0. The van der Waals surface area contributed by atoms with Crippen LogP contribution in [0.25, 0.3) is 0 Å². The molecule has 0 aliphatic carbocycles. The highest BCUT2D eigenvalue weighted by atomic mass is 35.5. The van der Waals surface area contributed by atoms with Crippen molar-refractivity contribution in [1.29, 1.82) is 0 Å². The third kappa shape index (κ3) is 3.45. The van der Waals surface area contributed by atoms with Gasteiger partial charge in [0.15, 0.2) is 0 Å². The van der Waals surface area contributed by atoms with Gasteiger partial charge in [-0.3, -0.25) is 4.79 Å². The number of para-hydroxylation sites is 1. The molecule has 0 amide bonds. The van der Waals surface area contributed by atoms with Crippen LogP contribution in [-0.2, 0) is 17.8 Å². The Morgan fingerprint density at radius 1 is 1.44 bits per heavy atom. The monoisotopic (exact) mass is 283 g/mol. The third-order valence-electron chi connectivity index (χ3n) is 2.11. The number of halogens is 1. The molecule has 1 heterocycles. The minimum absolute atomic E-state index is 0.0102. The van der Waals surface area contributed by atoms with Gasteiger partial charge in [0, 0.05) is 11.1 Å².